The number of benzene rings is 1. The van der Waals surface area contributed by atoms with Crippen molar-refractivity contribution < 1.29 is 21.2 Å². The Hall–Kier alpha value is -1.03. The fraction of sp³-hybridized carbons (Fsp3) is 0.500. The summed E-state index contributed by atoms with van der Waals surface area (Å²) in [6, 6.07) is 2.76. The molecule has 0 radical (unpaired) electrons. The van der Waals surface area contributed by atoms with Gasteiger partial charge in [0.2, 0.25) is 10.0 Å². The van der Waals surface area contributed by atoms with Crippen molar-refractivity contribution in [1.82, 2.24) is 9.62 Å². The zero-order chi connectivity index (χ0) is 15.8. The van der Waals surface area contributed by atoms with Crippen molar-refractivity contribution in [3.63, 3.8) is 0 Å². The quantitative estimate of drug-likeness (QED) is 0.798. The van der Waals surface area contributed by atoms with Crippen molar-refractivity contribution in [3.8, 4) is 0 Å². The topological polar surface area (TPSA) is 83.6 Å². The lowest BCUT2D eigenvalue weighted by Crippen LogP contribution is -2.51. The normalized spacial score (nSPS) is 21.4. The first kappa shape index (κ1) is 16.3. The third kappa shape index (κ3) is 3.42. The van der Waals surface area contributed by atoms with E-state index in [1.807, 2.05) is 6.92 Å². The molecule has 1 aromatic rings. The fourth-order valence-electron chi connectivity index (χ4n) is 2.17. The molecule has 0 aromatic heterocycles. The molecular weight excluding hydrogens is 319 g/mol. The van der Waals surface area contributed by atoms with Gasteiger partial charge in [-0.1, -0.05) is 0 Å². The molecule has 1 heterocycles. The van der Waals surface area contributed by atoms with Gasteiger partial charge in [0, 0.05) is 31.9 Å². The van der Waals surface area contributed by atoms with Crippen LogP contribution in [0.3, 0.4) is 0 Å². The van der Waals surface area contributed by atoms with Crippen molar-refractivity contribution in [3.05, 3.63) is 24.0 Å². The monoisotopic (exact) mass is 336 g/mol. The van der Waals surface area contributed by atoms with Crippen LogP contribution in [0.1, 0.15) is 6.92 Å². The number of sulfonamides is 1. The summed E-state index contributed by atoms with van der Waals surface area (Å²) < 4.78 is 63.1. The Bertz CT molecular complexity index is 747. The van der Waals surface area contributed by atoms with Crippen LogP contribution in [-0.4, -0.2) is 53.1 Å². The molecule has 1 aliphatic heterocycles. The number of halogens is 1. The highest BCUT2D eigenvalue weighted by molar-refractivity contribution is 7.91. The van der Waals surface area contributed by atoms with E-state index < -0.39 is 30.6 Å². The zero-order valence-electron chi connectivity index (χ0n) is 11.7. The highest BCUT2D eigenvalue weighted by atomic mass is 32.2. The maximum absolute atomic E-state index is 13.9. The van der Waals surface area contributed by atoms with Crippen molar-refractivity contribution >= 4 is 19.9 Å². The molecule has 1 aliphatic rings. The first-order valence-corrected chi connectivity index (χ1v) is 9.68. The molecule has 21 heavy (non-hydrogen) atoms. The van der Waals surface area contributed by atoms with Crippen LogP contribution in [0.15, 0.2) is 28.0 Å². The summed E-state index contributed by atoms with van der Waals surface area (Å²) in [4.78, 5) is -0.815. The average molecular weight is 336 g/mol. The lowest BCUT2D eigenvalue weighted by Gasteiger charge is -2.31. The van der Waals surface area contributed by atoms with E-state index in [-0.39, 0.29) is 24.0 Å². The predicted molar refractivity (Wildman–Crippen MR) is 75.7 cm³/mol. The second-order valence-corrected chi connectivity index (χ2v) is 9.00. The van der Waals surface area contributed by atoms with Gasteiger partial charge in [-0.3, -0.25) is 0 Å². The molecular formula is C12H17FN2O4S2. The molecule has 0 bridgehead atoms. The molecule has 2 rings (SSSR count). The number of nitrogens with zero attached hydrogens (tertiary/aromatic N) is 1. The zero-order valence-corrected chi connectivity index (χ0v) is 13.3. The second-order valence-electron chi connectivity index (χ2n) is 5.08. The molecule has 118 valence electrons. The van der Waals surface area contributed by atoms with E-state index >= 15 is 0 Å². The Morgan fingerprint density at radius 1 is 1.29 bits per heavy atom. The van der Waals surface area contributed by atoms with Gasteiger partial charge in [0.15, 0.2) is 9.84 Å². The summed E-state index contributed by atoms with van der Waals surface area (Å²) in [5, 5.41) is 3.09. The molecule has 6 nitrogen and oxygen atoms in total. The molecule has 0 spiro atoms. The summed E-state index contributed by atoms with van der Waals surface area (Å²) in [5.41, 5.74) is 0. The van der Waals surface area contributed by atoms with E-state index in [1.165, 1.54) is 4.31 Å². The van der Waals surface area contributed by atoms with Crippen LogP contribution in [0.2, 0.25) is 0 Å². The first-order chi connectivity index (χ1) is 9.62. The molecule has 1 unspecified atom stereocenters. The number of sulfone groups is 1. The van der Waals surface area contributed by atoms with E-state index in [2.05, 4.69) is 5.32 Å². The van der Waals surface area contributed by atoms with E-state index in [9.17, 15) is 21.2 Å². The van der Waals surface area contributed by atoms with Gasteiger partial charge in [0.1, 0.15) is 10.7 Å². The molecule has 9 heteroatoms. The van der Waals surface area contributed by atoms with Crippen molar-refractivity contribution in [2.75, 3.05) is 25.9 Å². The van der Waals surface area contributed by atoms with Gasteiger partial charge >= 0.3 is 0 Å². The highest BCUT2D eigenvalue weighted by Gasteiger charge is 2.31. The van der Waals surface area contributed by atoms with Crippen molar-refractivity contribution in [2.45, 2.75) is 22.8 Å². The van der Waals surface area contributed by atoms with Gasteiger partial charge < -0.3 is 5.32 Å². The predicted octanol–water partition coefficient (Wildman–Crippen LogP) is 0.212. The molecule has 1 atom stereocenters. The fourth-order valence-corrected chi connectivity index (χ4v) is 4.51. The number of piperazine rings is 1. The van der Waals surface area contributed by atoms with Crippen LogP contribution in [0.4, 0.5) is 4.39 Å². The number of hydrogen-bond acceptors (Lipinski definition) is 5. The SMILES string of the molecule is CC1CN(S(=O)(=O)c2cc(S(C)(=O)=O)ccc2F)CCN1. The lowest BCUT2D eigenvalue weighted by molar-refractivity contribution is 0.309. The molecule has 1 saturated heterocycles. The van der Waals surface area contributed by atoms with Crippen LogP contribution >= 0.6 is 0 Å². The van der Waals surface area contributed by atoms with E-state index in [0.29, 0.717) is 6.54 Å². The minimum atomic E-state index is -4.05. The summed E-state index contributed by atoms with van der Waals surface area (Å²) >= 11 is 0. The lowest BCUT2D eigenvalue weighted by atomic mass is 10.3. The first-order valence-electron chi connectivity index (χ1n) is 6.35. The minimum Gasteiger partial charge on any atom is -0.312 e. The number of hydrogen-bond donors (Lipinski definition) is 1. The van der Waals surface area contributed by atoms with Gasteiger partial charge in [-0.25, -0.2) is 21.2 Å². The Kier molecular flexibility index (Phi) is 4.39. The van der Waals surface area contributed by atoms with Crippen LogP contribution in [0, 0.1) is 5.82 Å². The summed E-state index contributed by atoms with van der Waals surface area (Å²) in [6.45, 7) is 2.72. The molecule has 0 saturated carbocycles. The second kappa shape index (κ2) is 5.64. The van der Waals surface area contributed by atoms with E-state index in [1.54, 1.807) is 0 Å². The maximum atomic E-state index is 13.9. The van der Waals surface area contributed by atoms with Crippen molar-refractivity contribution in [1.29, 1.82) is 0 Å². The largest absolute Gasteiger partial charge is 0.312 e. The van der Waals surface area contributed by atoms with Gasteiger partial charge in [-0.15, -0.1) is 0 Å². The molecule has 0 amide bonds. The number of rotatable bonds is 3. The van der Waals surface area contributed by atoms with Crippen LogP contribution in [0.25, 0.3) is 0 Å². The molecule has 1 aromatic carbocycles. The van der Waals surface area contributed by atoms with E-state index in [4.69, 9.17) is 0 Å². The molecule has 1 N–H and O–H groups in total. The van der Waals surface area contributed by atoms with Gasteiger partial charge in [-0.2, -0.15) is 4.31 Å². The van der Waals surface area contributed by atoms with Gasteiger partial charge in [0.25, 0.3) is 0 Å². The number of nitrogens with one attached hydrogen (secondary N) is 1. The van der Waals surface area contributed by atoms with Crippen LogP contribution in [-0.2, 0) is 19.9 Å². The molecule has 1 fully saturated rings. The molecule has 0 aliphatic carbocycles. The Morgan fingerprint density at radius 3 is 2.52 bits per heavy atom. The summed E-state index contributed by atoms with van der Waals surface area (Å²) in [5.74, 6) is -0.950. The smallest absolute Gasteiger partial charge is 0.246 e. The minimum absolute atomic E-state index is 0.0466. The Balaban J connectivity index is 2.49. The summed E-state index contributed by atoms with van der Waals surface area (Å²) in [7, 11) is -7.66. The summed E-state index contributed by atoms with van der Waals surface area (Å²) in [6.07, 6.45) is 0.948. The van der Waals surface area contributed by atoms with Crippen LogP contribution in [0.5, 0.6) is 0 Å². The van der Waals surface area contributed by atoms with Gasteiger partial charge in [0.05, 0.1) is 4.90 Å². The van der Waals surface area contributed by atoms with Crippen molar-refractivity contribution in [2.24, 2.45) is 0 Å². The maximum Gasteiger partial charge on any atom is 0.246 e. The Morgan fingerprint density at radius 2 is 1.95 bits per heavy atom. The van der Waals surface area contributed by atoms with Gasteiger partial charge in [-0.05, 0) is 25.1 Å². The third-order valence-electron chi connectivity index (χ3n) is 3.28. The highest BCUT2D eigenvalue weighted by Crippen LogP contribution is 2.23. The standard InChI is InChI=1S/C12H17FN2O4S2/c1-9-8-15(6-5-14-9)21(18,19)12-7-10(20(2,16)17)3-4-11(12)13/h3-4,7,9,14H,5-6,8H2,1-2H3. The Labute approximate surface area is 123 Å². The third-order valence-corrected chi connectivity index (χ3v) is 6.27. The van der Waals surface area contributed by atoms with Crippen LogP contribution < -0.4 is 5.32 Å². The van der Waals surface area contributed by atoms with E-state index in [0.717, 1.165) is 24.5 Å². The average Bonchev–Trinajstić information content (AvgIpc) is 2.37.